The number of unbranched alkanes of at least 4 members (excludes halogenated alkanes) is 7. The van der Waals surface area contributed by atoms with Crippen molar-refractivity contribution in [2.24, 2.45) is 0 Å². The van der Waals surface area contributed by atoms with Crippen molar-refractivity contribution in [2.45, 2.75) is 124 Å². The summed E-state index contributed by atoms with van der Waals surface area (Å²) in [5, 5.41) is 0. The lowest BCUT2D eigenvalue weighted by atomic mass is 10.1. The van der Waals surface area contributed by atoms with Crippen molar-refractivity contribution < 1.29 is 18.1 Å². The van der Waals surface area contributed by atoms with Gasteiger partial charge >= 0.3 is 7.82 Å². The molecule has 0 aliphatic rings. The Bertz CT molecular complexity index is 312. The highest BCUT2D eigenvalue weighted by atomic mass is 31.2. The zero-order chi connectivity index (χ0) is 19.0. The van der Waals surface area contributed by atoms with Crippen LogP contribution in [-0.2, 0) is 18.1 Å². The highest BCUT2D eigenvalue weighted by Crippen LogP contribution is 2.52. The molecule has 0 bridgehead atoms. The predicted octanol–water partition coefficient (Wildman–Crippen LogP) is 7.66. The zero-order valence-corrected chi connectivity index (χ0v) is 18.3. The molecule has 25 heavy (non-hydrogen) atoms. The average molecular weight is 379 g/mol. The minimum atomic E-state index is -3.47. The topological polar surface area (TPSA) is 44.8 Å². The fraction of sp³-hybridized carbons (Fsp3) is 1.00. The lowest BCUT2D eigenvalue weighted by molar-refractivity contribution is 0.0553. The summed E-state index contributed by atoms with van der Waals surface area (Å²) in [5.74, 6) is 0. The molecule has 0 saturated heterocycles. The fourth-order valence-corrected chi connectivity index (χ4v) is 4.29. The Balaban J connectivity index is 4.41. The van der Waals surface area contributed by atoms with Gasteiger partial charge in [-0.3, -0.25) is 13.6 Å². The lowest BCUT2D eigenvalue weighted by Crippen LogP contribution is -2.15. The van der Waals surface area contributed by atoms with E-state index in [1.807, 2.05) is 13.8 Å². The molecule has 0 heterocycles. The molecular formula is C20H43O4P. The Hall–Kier alpha value is 0.110. The summed E-state index contributed by atoms with van der Waals surface area (Å²) >= 11 is 0. The van der Waals surface area contributed by atoms with Crippen molar-refractivity contribution >= 4 is 7.82 Å². The zero-order valence-electron chi connectivity index (χ0n) is 17.4. The Morgan fingerprint density at radius 3 is 1.52 bits per heavy atom. The molecule has 0 aliphatic heterocycles. The highest BCUT2D eigenvalue weighted by molar-refractivity contribution is 7.48. The first-order valence-electron chi connectivity index (χ1n) is 10.6. The normalized spacial score (nSPS) is 16.5. The van der Waals surface area contributed by atoms with Gasteiger partial charge in [-0.2, -0.15) is 0 Å². The molecular weight excluding hydrogens is 335 g/mol. The Morgan fingerprint density at radius 1 is 0.680 bits per heavy atom. The average Bonchev–Trinajstić information content (AvgIpc) is 2.55. The van der Waals surface area contributed by atoms with Crippen molar-refractivity contribution in [3.05, 3.63) is 0 Å². The van der Waals surface area contributed by atoms with E-state index in [2.05, 4.69) is 20.8 Å². The van der Waals surface area contributed by atoms with Gasteiger partial charge in [0.15, 0.2) is 0 Å². The van der Waals surface area contributed by atoms with E-state index in [-0.39, 0.29) is 12.2 Å². The standard InChI is InChI=1S/C20H43O4P/c1-6-9-12-14-16-19(4)23-25(21,22-18-11-8-3)24-20(5)17-15-13-10-7-2/h19-20H,6-18H2,1-5H3. The van der Waals surface area contributed by atoms with E-state index in [1.54, 1.807) is 0 Å². The van der Waals surface area contributed by atoms with Gasteiger partial charge in [-0.15, -0.1) is 0 Å². The first-order valence-corrected chi connectivity index (χ1v) is 12.0. The molecule has 4 nitrogen and oxygen atoms in total. The van der Waals surface area contributed by atoms with Gasteiger partial charge < -0.3 is 0 Å². The van der Waals surface area contributed by atoms with E-state index in [0.717, 1.165) is 38.5 Å². The molecule has 0 aliphatic carbocycles. The van der Waals surface area contributed by atoms with Crippen LogP contribution in [0.15, 0.2) is 0 Å². The molecule has 0 fully saturated rings. The smallest absolute Gasteiger partial charge is 0.287 e. The van der Waals surface area contributed by atoms with Crippen LogP contribution in [0.25, 0.3) is 0 Å². The van der Waals surface area contributed by atoms with Gasteiger partial charge in [-0.25, -0.2) is 4.57 Å². The summed E-state index contributed by atoms with van der Waals surface area (Å²) in [7, 11) is -3.47. The number of hydrogen-bond acceptors (Lipinski definition) is 4. The van der Waals surface area contributed by atoms with Crippen LogP contribution >= 0.6 is 7.82 Å². The van der Waals surface area contributed by atoms with E-state index in [4.69, 9.17) is 13.6 Å². The Labute approximate surface area is 157 Å². The van der Waals surface area contributed by atoms with Gasteiger partial charge in [0.2, 0.25) is 0 Å². The van der Waals surface area contributed by atoms with E-state index >= 15 is 0 Å². The van der Waals surface area contributed by atoms with E-state index in [9.17, 15) is 4.57 Å². The minimum Gasteiger partial charge on any atom is -0.287 e. The first-order chi connectivity index (χ1) is 12.0. The molecule has 0 aromatic heterocycles. The van der Waals surface area contributed by atoms with Crippen LogP contribution in [0.4, 0.5) is 0 Å². The Kier molecular flexibility index (Phi) is 16.4. The van der Waals surface area contributed by atoms with Crippen LogP contribution in [0, 0.1) is 0 Å². The number of hydrogen-bond donors (Lipinski definition) is 0. The lowest BCUT2D eigenvalue weighted by Gasteiger charge is -2.24. The van der Waals surface area contributed by atoms with E-state index in [0.29, 0.717) is 6.61 Å². The van der Waals surface area contributed by atoms with Gasteiger partial charge in [0, 0.05) is 0 Å². The van der Waals surface area contributed by atoms with Gasteiger partial charge in [-0.05, 0) is 33.1 Å². The predicted molar refractivity (Wildman–Crippen MR) is 107 cm³/mol. The molecule has 0 N–H and O–H groups in total. The third-order valence-corrected chi connectivity index (χ3v) is 6.03. The van der Waals surface area contributed by atoms with Crippen LogP contribution < -0.4 is 0 Å². The second-order valence-electron chi connectivity index (χ2n) is 7.16. The van der Waals surface area contributed by atoms with Crippen molar-refractivity contribution in [1.29, 1.82) is 0 Å². The SMILES string of the molecule is CCCCCCC(C)OP(=O)(OCCCC)OC(C)CCCCCC. The molecule has 2 unspecified atom stereocenters. The Morgan fingerprint density at radius 2 is 1.12 bits per heavy atom. The fourth-order valence-electron chi connectivity index (χ4n) is 2.67. The molecule has 5 heteroatoms. The van der Waals surface area contributed by atoms with Crippen LogP contribution in [-0.4, -0.2) is 18.8 Å². The molecule has 0 aromatic carbocycles. The molecule has 0 rings (SSSR count). The monoisotopic (exact) mass is 378 g/mol. The molecule has 0 spiro atoms. The van der Waals surface area contributed by atoms with Crippen molar-refractivity contribution in [3.8, 4) is 0 Å². The summed E-state index contributed by atoms with van der Waals surface area (Å²) in [6.45, 7) is 10.9. The molecule has 0 saturated carbocycles. The van der Waals surface area contributed by atoms with Crippen molar-refractivity contribution in [2.75, 3.05) is 6.61 Å². The maximum Gasteiger partial charge on any atom is 0.475 e. The summed E-state index contributed by atoms with van der Waals surface area (Å²) < 4.78 is 30.1. The van der Waals surface area contributed by atoms with Gasteiger partial charge in [-0.1, -0.05) is 78.6 Å². The van der Waals surface area contributed by atoms with Crippen LogP contribution in [0.5, 0.6) is 0 Å². The van der Waals surface area contributed by atoms with Gasteiger partial charge in [0.05, 0.1) is 18.8 Å². The second-order valence-corrected chi connectivity index (χ2v) is 8.74. The maximum absolute atomic E-state index is 13.0. The number of phosphoric acid groups is 1. The number of rotatable bonds is 18. The highest BCUT2D eigenvalue weighted by Gasteiger charge is 2.31. The van der Waals surface area contributed by atoms with Crippen molar-refractivity contribution in [1.82, 2.24) is 0 Å². The third-order valence-electron chi connectivity index (χ3n) is 4.29. The number of phosphoric ester groups is 1. The van der Waals surface area contributed by atoms with Gasteiger partial charge in [0.1, 0.15) is 0 Å². The maximum atomic E-state index is 13.0. The van der Waals surface area contributed by atoms with Crippen LogP contribution in [0.3, 0.4) is 0 Å². The summed E-state index contributed by atoms with van der Waals surface area (Å²) in [5.41, 5.74) is 0. The largest absolute Gasteiger partial charge is 0.475 e. The van der Waals surface area contributed by atoms with E-state index < -0.39 is 7.82 Å². The second kappa shape index (κ2) is 16.3. The quantitative estimate of drug-likeness (QED) is 0.181. The first kappa shape index (κ1) is 25.1. The summed E-state index contributed by atoms with van der Waals surface area (Å²) in [6, 6.07) is 0. The summed E-state index contributed by atoms with van der Waals surface area (Å²) in [4.78, 5) is 0. The molecule has 0 amide bonds. The van der Waals surface area contributed by atoms with Crippen LogP contribution in [0.2, 0.25) is 0 Å². The minimum absolute atomic E-state index is 0.100. The summed E-state index contributed by atoms with van der Waals surface area (Å²) in [6.07, 6.45) is 12.9. The third kappa shape index (κ3) is 14.9. The van der Waals surface area contributed by atoms with Crippen molar-refractivity contribution in [3.63, 3.8) is 0 Å². The van der Waals surface area contributed by atoms with Crippen LogP contribution in [0.1, 0.15) is 112 Å². The van der Waals surface area contributed by atoms with E-state index in [1.165, 1.54) is 38.5 Å². The molecule has 152 valence electrons. The molecule has 2 atom stereocenters. The molecule has 0 aromatic rings. The van der Waals surface area contributed by atoms with Gasteiger partial charge in [0.25, 0.3) is 0 Å². The molecule has 0 radical (unpaired) electrons.